The van der Waals surface area contributed by atoms with E-state index in [1.54, 1.807) is 0 Å². The number of fused-ring (bicyclic) bond motifs is 1. The van der Waals surface area contributed by atoms with Crippen LogP contribution in [0.4, 0.5) is 4.79 Å². The van der Waals surface area contributed by atoms with E-state index in [1.165, 1.54) is 0 Å². The molecule has 1 aromatic heterocycles. The van der Waals surface area contributed by atoms with E-state index in [0.29, 0.717) is 18.9 Å². The number of amides is 2. The average Bonchev–Trinajstić information content (AvgIpc) is 3.28. The van der Waals surface area contributed by atoms with Crippen molar-refractivity contribution in [3.63, 3.8) is 0 Å². The molecule has 0 saturated carbocycles. The molecular formula is C20H18N2O3. The highest BCUT2D eigenvalue weighted by molar-refractivity contribution is 5.74. The number of benzene rings is 2. The first-order chi connectivity index (χ1) is 12.3. The smallest absolute Gasteiger partial charge is 0.315 e. The Balaban J connectivity index is 1.33. The zero-order valence-corrected chi connectivity index (χ0v) is 13.6. The first-order valence-corrected chi connectivity index (χ1v) is 8.20. The lowest BCUT2D eigenvalue weighted by Gasteiger charge is -2.12. The van der Waals surface area contributed by atoms with Crippen molar-refractivity contribution in [1.82, 2.24) is 10.6 Å². The number of furan rings is 1. The molecular weight excluding hydrogens is 316 g/mol. The molecule has 2 N–H and O–H groups in total. The van der Waals surface area contributed by atoms with Gasteiger partial charge in [-0.1, -0.05) is 48.5 Å². The molecule has 2 aromatic carbocycles. The van der Waals surface area contributed by atoms with Crippen LogP contribution in [0.25, 0.3) is 11.3 Å². The zero-order valence-electron chi connectivity index (χ0n) is 13.6. The summed E-state index contributed by atoms with van der Waals surface area (Å²) in [6, 6.07) is 21.0. The highest BCUT2D eigenvalue weighted by Gasteiger charge is 2.24. The summed E-state index contributed by atoms with van der Waals surface area (Å²) < 4.78 is 11.3. The quantitative estimate of drug-likeness (QED) is 0.761. The molecule has 0 bridgehead atoms. The Morgan fingerprint density at radius 2 is 1.80 bits per heavy atom. The second kappa shape index (κ2) is 6.73. The summed E-state index contributed by atoms with van der Waals surface area (Å²) in [6.45, 7) is 0.777. The molecule has 1 aliphatic heterocycles. The van der Waals surface area contributed by atoms with Gasteiger partial charge in [-0.05, 0) is 18.2 Å². The van der Waals surface area contributed by atoms with Gasteiger partial charge in [0.05, 0.1) is 12.6 Å². The van der Waals surface area contributed by atoms with Crippen LogP contribution in [-0.2, 0) is 6.54 Å². The number of ether oxygens (including phenoxy) is 1. The SMILES string of the molecule is O=C(NCc1ccc(-c2ccccc2)o1)NC1COc2ccccc21. The van der Waals surface area contributed by atoms with E-state index in [4.69, 9.17) is 9.15 Å². The minimum Gasteiger partial charge on any atom is -0.491 e. The molecule has 0 aliphatic carbocycles. The molecule has 5 nitrogen and oxygen atoms in total. The summed E-state index contributed by atoms with van der Waals surface area (Å²) in [6.07, 6.45) is 0. The molecule has 1 unspecified atom stereocenters. The molecule has 5 heteroatoms. The van der Waals surface area contributed by atoms with Gasteiger partial charge in [0.25, 0.3) is 0 Å². The maximum Gasteiger partial charge on any atom is 0.315 e. The number of carbonyl (C=O) groups excluding carboxylic acids is 1. The lowest BCUT2D eigenvalue weighted by atomic mass is 10.1. The topological polar surface area (TPSA) is 63.5 Å². The Hall–Kier alpha value is -3.21. The van der Waals surface area contributed by atoms with Crippen LogP contribution in [0.2, 0.25) is 0 Å². The Bertz CT molecular complexity index is 873. The summed E-state index contributed by atoms with van der Waals surface area (Å²) >= 11 is 0. The monoisotopic (exact) mass is 334 g/mol. The van der Waals surface area contributed by atoms with E-state index in [2.05, 4.69) is 10.6 Å². The van der Waals surface area contributed by atoms with Gasteiger partial charge >= 0.3 is 6.03 Å². The minimum absolute atomic E-state index is 0.132. The van der Waals surface area contributed by atoms with Gasteiger partial charge in [-0.25, -0.2) is 4.79 Å². The molecule has 4 rings (SSSR count). The molecule has 1 atom stereocenters. The number of hydrogen-bond acceptors (Lipinski definition) is 3. The minimum atomic E-state index is -0.247. The maximum absolute atomic E-state index is 12.1. The van der Waals surface area contributed by atoms with Gasteiger partial charge in [0, 0.05) is 11.1 Å². The van der Waals surface area contributed by atoms with Gasteiger partial charge in [0.2, 0.25) is 0 Å². The molecule has 1 aliphatic rings. The predicted octanol–water partition coefficient (Wildman–Crippen LogP) is 3.88. The fraction of sp³-hybridized carbons (Fsp3) is 0.150. The van der Waals surface area contributed by atoms with Crippen LogP contribution < -0.4 is 15.4 Å². The second-order valence-electron chi connectivity index (χ2n) is 5.86. The number of carbonyl (C=O) groups is 1. The van der Waals surface area contributed by atoms with Crippen LogP contribution >= 0.6 is 0 Å². The Morgan fingerprint density at radius 1 is 1.00 bits per heavy atom. The molecule has 3 aromatic rings. The number of rotatable bonds is 4. The van der Waals surface area contributed by atoms with E-state index >= 15 is 0 Å². The van der Waals surface area contributed by atoms with Crippen molar-refractivity contribution < 1.29 is 13.9 Å². The number of para-hydroxylation sites is 1. The Kier molecular flexibility index (Phi) is 4.12. The van der Waals surface area contributed by atoms with Crippen LogP contribution in [0.1, 0.15) is 17.4 Å². The largest absolute Gasteiger partial charge is 0.491 e. The zero-order chi connectivity index (χ0) is 17.1. The van der Waals surface area contributed by atoms with Crippen molar-refractivity contribution >= 4 is 6.03 Å². The van der Waals surface area contributed by atoms with Crippen molar-refractivity contribution in [2.24, 2.45) is 0 Å². The second-order valence-corrected chi connectivity index (χ2v) is 5.86. The van der Waals surface area contributed by atoms with E-state index in [-0.39, 0.29) is 12.1 Å². The van der Waals surface area contributed by atoms with Gasteiger partial charge < -0.3 is 19.8 Å². The molecule has 0 saturated heterocycles. The third-order valence-corrected chi connectivity index (χ3v) is 4.15. The Labute approximate surface area is 145 Å². The average molecular weight is 334 g/mol. The van der Waals surface area contributed by atoms with Gasteiger partial charge in [-0.3, -0.25) is 0 Å². The molecule has 0 radical (unpaired) electrons. The van der Waals surface area contributed by atoms with Crippen molar-refractivity contribution in [2.75, 3.05) is 6.61 Å². The van der Waals surface area contributed by atoms with E-state index in [1.807, 2.05) is 66.7 Å². The first-order valence-electron chi connectivity index (χ1n) is 8.20. The van der Waals surface area contributed by atoms with E-state index in [0.717, 1.165) is 22.6 Å². The number of nitrogens with one attached hydrogen (secondary N) is 2. The molecule has 126 valence electrons. The molecule has 0 spiro atoms. The third kappa shape index (κ3) is 3.35. The van der Waals surface area contributed by atoms with Crippen molar-refractivity contribution in [1.29, 1.82) is 0 Å². The van der Waals surface area contributed by atoms with Crippen molar-refractivity contribution in [2.45, 2.75) is 12.6 Å². The van der Waals surface area contributed by atoms with Gasteiger partial charge in [0.15, 0.2) is 0 Å². The van der Waals surface area contributed by atoms with Crippen LogP contribution in [0.15, 0.2) is 71.1 Å². The lowest BCUT2D eigenvalue weighted by molar-refractivity contribution is 0.231. The summed E-state index contributed by atoms with van der Waals surface area (Å²) in [5.74, 6) is 2.32. The summed E-state index contributed by atoms with van der Waals surface area (Å²) in [4.78, 5) is 12.1. The number of hydrogen-bond donors (Lipinski definition) is 2. The normalized spacial score (nSPS) is 15.3. The molecule has 2 heterocycles. The van der Waals surface area contributed by atoms with Crippen LogP contribution in [0.5, 0.6) is 5.75 Å². The Morgan fingerprint density at radius 3 is 2.68 bits per heavy atom. The molecule has 0 fully saturated rings. The first kappa shape index (κ1) is 15.3. The molecule has 2 amide bonds. The predicted molar refractivity (Wildman–Crippen MR) is 94.2 cm³/mol. The van der Waals surface area contributed by atoms with Gasteiger partial charge in [0.1, 0.15) is 23.9 Å². The standard InChI is InChI=1S/C20H18N2O3/c23-20(22-17-13-24-19-9-5-4-8-16(17)19)21-12-15-10-11-18(25-15)14-6-2-1-3-7-14/h1-11,17H,12-13H2,(H2,21,22,23). The van der Waals surface area contributed by atoms with Crippen molar-refractivity contribution in [3.8, 4) is 17.1 Å². The highest BCUT2D eigenvalue weighted by Crippen LogP contribution is 2.31. The highest BCUT2D eigenvalue weighted by atomic mass is 16.5. The van der Waals surface area contributed by atoms with Crippen LogP contribution in [-0.4, -0.2) is 12.6 Å². The summed E-state index contributed by atoms with van der Waals surface area (Å²) in [5.41, 5.74) is 2.01. The maximum atomic E-state index is 12.1. The summed E-state index contributed by atoms with van der Waals surface area (Å²) in [7, 11) is 0. The fourth-order valence-corrected chi connectivity index (χ4v) is 2.89. The fourth-order valence-electron chi connectivity index (χ4n) is 2.89. The third-order valence-electron chi connectivity index (χ3n) is 4.15. The van der Waals surface area contributed by atoms with E-state index < -0.39 is 0 Å². The van der Waals surface area contributed by atoms with Crippen LogP contribution in [0.3, 0.4) is 0 Å². The summed E-state index contributed by atoms with van der Waals surface area (Å²) in [5, 5.41) is 5.75. The van der Waals surface area contributed by atoms with Crippen molar-refractivity contribution in [3.05, 3.63) is 78.1 Å². The molecule has 25 heavy (non-hydrogen) atoms. The van der Waals surface area contributed by atoms with Gasteiger partial charge in [-0.15, -0.1) is 0 Å². The van der Waals surface area contributed by atoms with Gasteiger partial charge in [-0.2, -0.15) is 0 Å². The number of urea groups is 1. The lowest BCUT2D eigenvalue weighted by Crippen LogP contribution is -2.38. The van der Waals surface area contributed by atoms with Crippen LogP contribution in [0, 0.1) is 0 Å². The van der Waals surface area contributed by atoms with E-state index in [9.17, 15) is 4.79 Å².